The number of carbonyl (C=O) groups excluding carboxylic acids is 1. The summed E-state index contributed by atoms with van der Waals surface area (Å²) in [6, 6.07) is 8.07. The molecule has 2 nitrogen and oxygen atoms in total. The van der Waals surface area contributed by atoms with E-state index in [4.69, 9.17) is 0 Å². The lowest BCUT2D eigenvalue weighted by Crippen LogP contribution is -1.93. The van der Waals surface area contributed by atoms with E-state index < -0.39 is 0 Å². The van der Waals surface area contributed by atoms with Crippen LogP contribution >= 0.6 is 11.8 Å². The second-order valence-corrected chi connectivity index (χ2v) is 4.43. The molecule has 1 aromatic heterocycles. The molecule has 0 amide bonds. The van der Waals surface area contributed by atoms with Gasteiger partial charge in [0.25, 0.3) is 0 Å². The van der Waals surface area contributed by atoms with Crippen LogP contribution in [0.3, 0.4) is 0 Å². The van der Waals surface area contributed by atoms with Gasteiger partial charge < -0.3 is 4.57 Å². The van der Waals surface area contributed by atoms with Gasteiger partial charge in [0.05, 0.1) is 16.3 Å². The van der Waals surface area contributed by atoms with E-state index in [9.17, 15) is 4.79 Å². The molecule has 0 N–H and O–H groups in total. The van der Waals surface area contributed by atoms with Crippen LogP contribution in [0.5, 0.6) is 0 Å². The molecule has 3 rings (SSSR count). The van der Waals surface area contributed by atoms with Crippen molar-refractivity contribution < 1.29 is 4.79 Å². The van der Waals surface area contributed by atoms with Gasteiger partial charge in [0.2, 0.25) is 0 Å². The highest BCUT2D eigenvalue weighted by molar-refractivity contribution is 8.00. The summed E-state index contributed by atoms with van der Waals surface area (Å²) in [4.78, 5) is 11.7. The minimum atomic E-state index is 0.266. The topological polar surface area (TPSA) is 22.0 Å². The third kappa shape index (κ3) is 0.852. The Balaban J connectivity index is 2.52. The van der Waals surface area contributed by atoms with Crippen molar-refractivity contribution in [3.05, 3.63) is 29.8 Å². The number of nitrogens with zero attached hydrogens (tertiary/aromatic N) is 1. The van der Waals surface area contributed by atoms with Crippen molar-refractivity contribution >= 4 is 28.4 Å². The first-order valence-electron chi connectivity index (χ1n) is 4.52. The Morgan fingerprint density at radius 3 is 3.00 bits per heavy atom. The molecule has 0 saturated heterocycles. The Hall–Kier alpha value is -1.22. The van der Waals surface area contributed by atoms with Crippen LogP contribution in [-0.2, 0) is 7.05 Å². The van der Waals surface area contributed by atoms with Crippen LogP contribution < -0.4 is 0 Å². The molecule has 0 atom stereocenters. The predicted octanol–water partition coefficient (Wildman–Crippen LogP) is 2.47. The lowest BCUT2D eigenvalue weighted by molar-refractivity contribution is 0.102. The summed E-state index contributed by atoms with van der Waals surface area (Å²) in [6.07, 6.45) is 0. The van der Waals surface area contributed by atoms with E-state index in [1.807, 2.05) is 25.2 Å². The molecule has 1 aliphatic rings. The summed E-state index contributed by atoms with van der Waals surface area (Å²) < 4.78 is 2.11. The number of hydrogen-bond donors (Lipinski definition) is 0. The zero-order valence-electron chi connectivity index (χ0n) is 7.78. The average molecular weight is 203 g/mol. The van der Waals surface area contributed by atoms with Gasteiger partial charge in [-0.05, 0) is 6.07 Å². The van der Waals surface area contributed by atoms with Crippen LogP contribution in [0, 0.1) is 0 Å². The van der Waals surface area contributed by atoms with Gasteiger partial charge in [0.15, 0.2) is 5.78 Å². The van der Waals surface area contributed by atoms with E-state index in [-0.39, 0.29) is 5.78 Å². The van der Waals surface area contributed by atoms with Crippen molar-refractivity contribution in [3.63, 3.8) is 0 Å². The Labute approximate surface area is 85.9 Å². The maximum Gasteiger partial charge on any atom is 0.176 e. The summed E-state index contributed by atoms with van der Waals surface area (Å²) in [5.74, 6) is 0.866. The van der Waals surface area contributed by atoms with E-state index in [0.29, 0.717) is 5.75 Å². The molecule has 2 aromatic rings. The highest BCUT2D eigenvalue weighted by atomic mass is 32.2. The number of hydrogen-bond acceptors (Lipinski definition) is 2. The van der Waals surface area contributed by atoms with Crippen LogP contribution in [0.2, 0.25) is 0 Å². The molecular formula is C11H9NOS. The van der Waals surface area contributed by atoms with E-state index >= 15 is 0 Å². The van der Waals surface area contributed by atoms with E-state index in [0.717, 1.165) is 21.5 Å². The Kier molecular flexibility index (Phi) is 1.53. The zero-order valence-corrected chi connectivity index (χ0v) is 8.60. The highest BCUT2D eigenvalue weighted by Crippen LogP contribution is 2.38. The second kappa shape index (κ2) is 2.64. The van der Waals surface area contributed by atoms with Crippen LogP contribution in [0.1, 0.15) is 10.4 Å². The molecule has 1 aliphatic heterocycles. The van der Waals surface area contributed by atoms with Crippen molar-refractivity contribution in [2.45, 2.75) is 5.03 Å². The summed E-state index contributed by atoms with van der Waals surface area (Å²) >= 11 is 1.64. The number of benzene rings is 1. The molecule has 0 fully saturated rings. The lowest BCUT2D eigenvalue weighted by Gasteiger charge is -1.98. The first-order valence-corrected chi connectivity index (χ1v) is 5.51. The molecule has 0 unspecified atom stereocenters. The SMILES string of the molecule is Cn1c2c(c3ccccc31)C(=O)CS2. The molecule has 14 heavy (non-hydrogen) atoms. The standard InChI is InChI=1S/C11H9NOS/c1-12-8-5-3-2-4-7(8)10-9(13)6-14-11(10)12/h2-5H,6H2,1H3. The first kappa shape index (κ1) is 8.12. The van der Waals surface area contributed by atoms with Crippen LogP contribution in [-0.4, -0.2) is 16.1 Å². The van der Waals surface area contributed by atoms with Crippen molar-refractivity contribution in [2.75, 3.05) is 5.75 Å². The number of thioether (sulfide) groups is 1. The number of para-hydroxylation sites is 1. The van der Waals surface area contributed by atoms with Crippen LogP contribution in [0.4, 0.5) is 0 Å². The lowest BCUT2D eigenvalue weighted by atomic mass is 10.1. The van der Waals surface area contributed by atoms with Gasteiger partial charge in [0.1, 0.15) is 0 Å². The number of aromatic nitrogens is 1. The number of carbonyl (C=O) groups is 1. The number of fused-ring (bicyclic) bond motifs is 3. The van der Waals surface area contributed by atoms with Crippen LogP contribution in [0.25, 0.3) is 10.9 Å². The van der Waals surface area contributed by atoms with Crippen molar-refractivity contribution in [1.29, 1.82) is 0 Å². The zero-order chi connectivity index (χ0) is 9.71. The molecule has 0 saturated carbocycles. The van der Waals surface area contributed by atoms with E-state index in [1.165, 1.54) is 0 Å². The molecule has 0 spiro atoms. The molecule has 70 valence electrons. The first-order chi connectivity index (χ1) is 6.79. The van der Waals surface area contributed by atoms with Gasteiger partial charge in [-0.25, -0.2) is 0 Å². The molecule has 0 radical (unpaired) electrons. The monoisotopic (exact) mass is 203 g/mol. The Morgan fingerprint density at radius 2 is 2.14 bits per heavy atom. The number of rotatable bonds is 0. The van der Waals surface area contributed by atoms with Crippen molar-refractivity contribution in [2.24, 2.45) is 7.05 Å². The predicted molar refractivity (Wildman–Crippen MR) is 58.0 cm³/mol. The normalized spacial score (nSPS) is 15.1. The van der Waals surface area contributed by atoms with Gasteiger partial charge in [-0.3, -0.25) is 4.79 Å². The quantitative estimate of drug-likeness (QED) is 0.656. The van der Waals surface area contributed by atoms with Crippen LogP contribution in [0.15, 0.2) is 29.3 Å². The minimum absolute atomic E-state index is 0.266. The second-order valence-electron chi connectivity index (χ2n) is 3.47. The molecule has 3 heteroatoms. The molecule has 0 aliphatic carbocycles. The summed E-state index contributed by atoms with van der Waals surface area (Å²) in [6.45, 7) is 0. The van der Waals surface area contributed by atoms with Crippen molar-refractivity contribution in [3.8, 4) is 0 Å². The van der Waals surface area contributed by atoms with Gasteiger partial charge >= 0.3 is 0 Å². The highest BCUT2D eigenvalue weighted by Gasteiger charge is 2.26. The third-order valence-electron chi connectivity index (χ3n) is 2.67. The van der Waals surface area contributed by atoms with Crippen molar-refractivity contribution in [1.82, 2.24) is 4.57 Å². The van der Waals surface area contributed by atoms with E-state index in [2.05, 4.69) is 10.6 Å². The van der Waals surface area contributed by atoms with Gasteiger partial charge in [-0.2, -0.15) is 0 Å². The fourth-order valence-corrected chi connectivity index (χ4v) is 3.09. The average Bonchev–Trinajstić information content (AvgIpc) is 2.70. The van der Waals surface area contributed by atoms with E-state index in [1.54, 1.807) is 11.8 Å². The third-order valence-corrected chi connectivity index (χ3v) is 3.83. The number of Topliss-reactive ketones (excluding diaryl/α,β-unsaturated/α-hetero) is 1. The smallest absolute Gasteiger partial charge is 0.176 e. The van der Waals surface area contributed by atoms with Gasteiger partial charge in [0, 0.05) is 18.0 Å². The maximum absolute atomic E-state index is 11.7. The molecule has 0 bridgehead atoms. The minimum Gasteiger partial charge on any atom is -0.338 e. The molecule has 2 heterocycles. The maximum atomic E-state index is 11.7. The summed E-state index contributed by atoms with van der Waals surface area (Å²) in [5, 5.41) is 2.22. The fraction of sp³-hybridized carbons (Fsp3) is 0.182. The Morgan fingerprint density at radius 1 is 1.36 bits per heavy atom. The van der Waals surface area contributed by atoms with Gasteiger partial charge in [-0.15, -0.1) is 0 Å². The number of ketones is 1. The number of aryl methyl sites for hydroxylation is 1. The van der Waals surface area contributed by atoms with Gasteiger partial charge in [-0.1, -0.05) is 30.0 Å². The summed E-state index contributed by atoms with van der Waals surface area (Å²) in [5.41, 5.74) is 2.08. The fourth-order valence-electron chi connectivity index (χ4n) is 2.01. The summed E-state index contributed by atoms with van der Waals surface area (Å²) in [7, 11) is 2.02. The Bertz CT molecular complexity index is 541. The largest absolute Gasteiger partial charge is 0.338 e. The molecule has 1 aromatic carbocycles. The molecular weight excluding hydrogens is 194 g/mol.